The van der Waals surface area contributed by atoms with E-state index in [0.717, 1.165) is 0 Å². The monoisotopic (exact) mass is 223 g/mol. The first-order valence-corrected chi connectivity index (χ1v) is 5.00. The van der Waals surface area contributed by atoms with E-state index >= 15 is 0 Å². The lowest BCUT2D eigenvalue weighted by Crippen LogP contribution is -2.21. The molecular formula is C12H11F2NO. The predicted molar refractivity (Wildman–Crippen MR) is 57.1 cm³/mol. The van der Waals surface area contributed by atoms with Gasteiger partial charge in [0.25, 0.3) is 0 Å². The van der Waals surface area contributed by atoms with E-state index in [1.165, 1.54) is 12.1 Å². The van der Waals surface area contributed by atoms with Crippen LogP contribution in [-0.2, 0) is 0 Å². The van der Waals surface area contributed by atoms with Crippen molar-refractivity contribution < 1.29 is 13.9 Å². The highest BCUT2D eigenvalue weighted by Crippen LogP contribution is 2.24. The molecule has 0 aromatic heterocycles. The van der Waals surface area contributed by atoms with Crippen LogP contribution >= 0.6 is 0 Å². The van der Waals surface area contributed by atoms with Crippen molar-refractivity contribution in [2.45, 2.75) is 12.5 Å². The first kappa shape index (κ1) is 10.9. The minimum atomic E-state index is -0.737. The van der Waals surface area contributed by atoms with Crippen LogP contribution < -0.4 is 4.90 Å². The Morgan fingerprint density at radius 1 is 1.38 bits per heavy atom. The summed E-state index contributed by atoms with van der Waals surface area (Å²) < 4.78 is 26.8. The lowest BCUT2D eigenvalue weighted by atomic mass is 10.1. The quantitative estimate of drug-likeness (QED) is 0.730. The number of anilines is 1. The molecule has 0 bridgehead atoms. The Labute approximate surface area is 92.5 Å². The Balaban J connectivity index is 2.34. The fraction of sp³-hybridized carbons (Fsp3) is 0.333. The number of aliphatic hydroxyl groups excluding tert-OH is 1. The Morgan fingerprint density at radius 3 is 2.44 bits per heavy atom. The van der Waals surface area contributed by atoms with Crippen molar-refractivity contribution in [3.8, 4) is 12.3 Å². The third kappa shape index (κ3) is 1.86. The van der Waals surface area contributed by atoms with Crippen molar-refractivity contribution in [3.63, 3.8) is 0 Å². The van der Waals surface area contributed by atoms with Crippen molar-refractivity contribution in [2.24, 2.45) is 0 Å². The third-order valence-electron chi connectivity index (χ3n) is 2.70. The van der Waals surface area contributed by atoms with Crippen molar-refractivity contribution in [3.05, 3.63) is 29.3 Å². The Hall–Kier alpha value is -1.60. The smallest absolute Gasteiger partial charge is 0.143 e. The van der Waals surface area contributed by atoms with Crippen LogP contribution in [0.3, 0.4) is 0 Å². The molecule has 0 spiro atoms. The molecule has 1 N–H and O–H groups in total. The van der Waals surface area contributed by atoms with Crippen molar-refractivity contribution >= 4 is 5.69 Å². The van der Waals surface area contributed by atoms with Gasteiger partial charge in [-0.05, 0) is 18.6 Å². The maximum absolute atomic E-state index is 13.4. The molecule has 1 saturated heterocycles. The van der Waals surface area contributed by atoms with Crippen LogP contribution in [-0.4, -0.2) is 24.3 Å². The van der Waals surface area contributed by atoms with Gasteiger partial charge in [-0.25, -0.2) is 8.78 Å². The van der Waals surface area contributed by atoms with E-state index < -0.39 is 17.7 Å². The molecule has 16 heavy (non-hydrogen) atoms. The number of aliphatic hydroxyl groups is 1. The highest BCUT2D eigenvalue weighted by atomic mass is 19.1. The Kier molecular flexibility index (Phi) is 2.80. The molecule has 4 heteroatoms. The number of hydrogen-bond donors (Lipinski definition) is 1. The third-order valence-corrected chi connectivity index (χ3v) is 2.70. The summed E-state index contributed by atoms with van der Waals surface area (Å²) in [6, 6.07) is 2.41. The van der Waals surface area contributed by atoms with E-state index in [-0.39, 0.29) is 5.56 Å². The van der Waals surface area contributed by atoms with Gasteiger partial charge in [-0.2, -0.15) is 0 Å². The molecule has 1 aliphatic rings. The molecule has 0 unspecified atom stereocenters. The summed E-state index contributed by atoms with van der Waals surface area (Å²) in [7, 11) is 0. The standard InChI is InChI=1S/C12H11F2NO/c1-2-10-11(13)5-8(6-12(10)14)15-4-3-9(16)7-15/h1,5-6,9,16H,3-4,7H2/t9-/m0/s1. The zero-order valence-electron chi connectivity index (χ0n) is 8.58. The van der Waals surface area contributed by atoms with Gasteiger partial charge in [0.05, 0.1) is 11.7 Å². The zero-order valence-corrected chi connectivity index (χ0v) is 8.58. The van der Waals surface area contributed by atoms with Crippen molar-refractivity contribution in [1.29, 1.82) is 0 Å². The van der Waals surface area contributed by atoms with Crippen LogP contribution in [0.1, 0.15) is 12.0 Å². The van der Waals surface area contributed by atoms with E-state index in [4.69, 9.17) is 6.42 Å². The van der Waals surface area contributed by atoms with Gasteiger partial charge >= 0.3 is 0 Å². The molecule has 0 saturated carbocycles. The minimum Gasteiger partial charge on any atom is -0.391 e. The SMILES string of the molecule is C#Cc1c(F)cc(N2CC[C@H](O)C2)cc1F. The molecular weight excluding hydrogens is 212 g/mol. The summed E-state index contributed by atoms with van der Waals surface area (Å²) in [5.41, 5.74) is 0.0778. The van der Waals surface area contributed by atoms with Crippen LogP contribution in [0.5, 0.6) is 0 Å². The lowest BCUT2D eigenvalue weighted by Gasteiger charge is -2.18. The van der Waals surface area contributed by atoms with E-state index in [1.54, 1.807) is 4.90 Å². The van der Waals surface area contributed by atoms with E-state index in [9.17, 15) is 13.9 Å². The topological polar surface area (TPSA) is 23.5 Å². The maximum Gasteiger partial charge on any atom is 0.143 e. The van der Waals surface area contributed by atoms with E-state index in [1.807, 2.05) is 5.92 Å². The number of benzene rings is 1. The Morgan fingerprint density at radius 2 is 2.00 bits per heavy atom. The summed E-state index contributed by atoms with van der Waals surface area (Å²) in [5, 5.41) is 9.34. The average Bonchev–Trinajstić information content (AvgIpc) is 2.64. The summed E-state index contributed by atoms with van der Waals surface area (Å²) in [4.78, 5) is 1.73. The molecule has 1 atom stereocenters. The molecule has 0 aliphatic carbocycles. The van der Waals surface area contributed by atoms with Gasteiger partial charge < -0.3 is 10.0 Å². The van der Waals surface area contributed by atoms with Crippen molar-refractivity contribution in [1.82, 2.24) is 0 Å². The lowest BCUT2D eigenvalue weighted by molar-refractivity contribution is 0.198. The summed E-state index contributed by atoms with van der Waals surface area (Å²) in [6.45, 7) is 0.990. The zero-order chi connectivity index (χ0) is 11.7. The first-order valence-electron chi connectivity index (χ1n) is 5.00. The van der Waals surface area contributed by atoms with Gasteiger partial charge in [-0.1, -0.05) is 5.92 Å². The van der Waals surface area contributed by atoms with Crippen LogP contribution in [0.15, 0.2) is 12.1 Å². The molecule has 2 nitrogen and oxygen atoms in total. The molecule has 0 amide bonds. The van der Waals surface area contributed by atoms with E-state index in [2.05, 4.69) is 0 Å². The minimum absolute atomic E-state index is 0.344. The Bertz CT molecular complexity index is 430. The molecule has 1 aliphatic heterocycles. The summed E-state index contributed by atoms with van der Waals surface area (Å²) >= 11 is 0. The number of nitrogens with zero attached hydrogens (tertiary/aromatic N) is 1. The molecule has 2 rings (SSSR count). The van der Waals surface area contributed by atoms with Crippen LogP contribution in [0.25, 0.3) is 0 Å². The van der Waals surface area contributed by atoms with Gasteiger partial charge in [0.15, 0.2) is 0 Å². The molecule has 1 fully saturated rings. The number of halogens is 2. The predicted octanol–water partition coefficient (Wildman–Crippen LogP) is 1.52. The normalized spacial score (nSPS) is 19.9. The molecule has 0 radical (unpaired) electrons. The van der Waals surface area contributed by atoms with Gasteiger partial charge in [-0.15, -0.1) is 6.42 Å². The van der Waals surface area contributed by atoms with E-state index in [0.29, 0.717) is 25.2 Å². The van der Waals surface area contributed by atoms with Gasteiger partial charge in [0.2, 0.25) is 0 Å². The van der Waals surface area contributed by atoms with Gasteiger partial charge in [0, 0.05) is 18.8 Å². The summed E-state index contributed by atoms with van der Waals surface area (Å²) in [6.07, 6.45) is 5.17. The second-order valence-electron chi connectivity index (χ2n) is 3.82. The molecule has 1 aromatic rings. The highest BCUT2D eigenvalue weighted by molar-refractivity contribution is 5.52. The number of β-amino-alcohol motifs (C(OH)–C–C–N with tert-alkyl or cyclic N) is 1. The largest absolute Gasteiger partial charge is 0.391 e. The second kappa shape index (κ2) is 4.11. The molecule has 1 heterocycles. The number of rotatable bonds is 1. The van der Waals surface area contributed by atoms with Crippen molar-refractivity contribution in [2.75, 3.05) is 18.0 Å². The number of terminal acetylenes is 1. The number of hydrogen-bond acceptors (Lipinski definition) is 2. The molecule has 84 valence electrons. The molecule has 1 aromatic carbocycles. The highest BCUT2D eigenvalue weighted by Gasteiger charge is 2.22. The first-order chi connectivity index (χ1) is 7.61. The van der Waals surface area contributed by atoms with Crippen LogP contribution in [0, 0.1) is 24.0 Å². The van der Waals surface area contributed by atoms with Crippen LogP contribution in [0.4, 0.5) is 14.5 Å². The van der Waals surface area contributed by atoms with Gasteiger partial charge in [-0.3, -0.25) is 0 Å². The summed E-state index contributed by atoms with van der Waals surface area (Å²) in [5.74, 6) is 0.498. The second-order valence-corrected chi connectivity index (χ2v) is 3.82. The van der Waals surface area contributed by atoms with Crippen LogP contribution in [0.2, 0.25) is 0 Å². The maximum atomic E-state index is 13.4. The average molecular weight is 223 g/mol. The fourth-order valence-corrected chi connectivity index (χ4v) is 1.86. The fourth-order valence-electron chi connectivity index (χ4n) is 1.86. The van der Waals surface area contributed by atoms with Gasteiger partial charge in [0.1, 0.15) is 11.6 Å².